The van der Waals surface area contributed by atoms with Crippen LogP contribution in [0.5, 0.6) is 0 Å². The summed E-state index contributed by atoms with van der Waals surface area (Å²) >= 11 is 0. The Morgan fingerprint density at radius 3 is 2.70 bits per heavy atom. The molecule has 5 nitrogen and oxygen atoms in total. The van der Waals surface area contributed by atoms with Gasteiger partial charge < -0.3 is 9.64 Å². The fraction of sp³-hybridized carbons (Fsp3) is 0.625. The van der Waals surface area contributed by atoms with Gasteiger partial charge in [0.2, 0.25) is 10.0 Å². The van der Waals surface area contributed by atoms with Gasteiger partial charge in [-0.3, -0.25) is 0 Å². The molecule has 0 spiro atoms. The van der Waals surface area contributed by atoms with Gasteiger partial charge in [0.25, 0.3) is 0 Å². The molecule has 2 aliphatic heterocycles. The molecule has 128 valence electrons. The molecule has 0 amide bonds. The molecule has 0 saturated carbocycles. The highest BCUT2D eigenvalue weighted by Crippen LogP contribution is 2.36. The monoisotopic (exact) mass is 342 g/mol. The molecule has 1 aromatic carbocycles. The summed E-state index contributed by atoms with van der Waals surface area (Å²) in [4.78, 5) is 2.00. The lowest BCUT2D eigenvalue weighted by molar-refractivity contribution is 0.00235. The van der Waals surface area contributed by atoms with Gasteiger partial charge in [-0.15, -0.1) is 0 Å². The van der Waals surface area contributed by atoms with Crippen molar-refractivity contribution in [3.05, 3.63) is 30.1 Å². The smallest absolute Gasteiger partial charge is 0.246 e. The second kappa shape index (κ2) is 6.47. The topological polar surface area (TPSA) is 49.9 Å². The highest BCUT2D eigenvalue weighted by atomic mass is 32.2. The van der Waals surface area contributed by atoms with Crippen LogP contribution in [0.1, 0.15) is 13.3 Å². The lowest BCUT2D eigenvalue weighted by atomic mass is 9.91. The number of halogens is 1. The van der Waals surface area contributed by atoms with Gasteiger partial charge >= 0.3 is 0 Å². The van der Waals surface area contributed by atoms with Crippen molar-refractivity contribution in [3.63, 3.8) is 0 Å². The van der Waals surface area contributed by atoms with Crippen molar-refractivity contribution < 1.29 is 17.5 Å². The Morgan fingerprint density at radius 1 is 1.30 bits per heavy atom. The van der Waals surface area contributed by atoms with Crippen LogP contribution in [0.25, 0.3) is 0 Å². The number of rotatable bonds is 4. The molecule has 2 aliphatic rings. The first-order chi connectivity index (χ1) is 11.0. The largest absolute Gasteiger partial charge is 0.381 e. The number of nitrogens with zero attached hydrogens (tertiary/aromatic N) is 2. The van der Waals surface area contributed by atoms with E-state index in [2.05, 4.69) is 11.8 Å². The number of fused-ring (bicyclic) bond motifs is 1. The van der Waals surface area contributed by atoms with Crippen LogP contribution in [0.2, 0.25) is 0 Å². The zero-order valence-corrected chi connectivity index (χ0v) is 14.3. The number of benzene rings is 1. The van der Waals surface area contributed by atoms with E-state index in [1.165, 1.54) is 22.5 Å². The fourth-order valence-electron chi connectivity index (χ4n) is 3.83. The van der Waals surface area contributed by atoms with E-state index < -0.39 is 15.8 Å². The normalized spacial score (nSPS) is 29.6. The van der Waals surface area contributed by atoms with E-state index in [-0.39, 0.29) is 23.0 Å². The molecule has 0 unspecified atom stereocenters. The van der Waals surface area contributed by atoms with Crippen LogP contribution in [0.15, 0.2) is 29.2 Å². The molecule has 2 saturated heterocycles. The maximum absolute atomic E-state index is 14.0. The van der Waals surface area contributed by atoms with Crippen LogP contribution >= 0.6 is 0 Å². The number of piperidine rings is 1. The number of hydrogen-bond acceptors (Lipinski definition) is 4. The minimum atomic E-state index is -3.83. The summed E-state index contributed by atoms with van der Waals surface area (Å²) in [5.41, 5.74) is 0. The summed E-state index contributed by atoms with van der Waals surface area (Å²) < 4.78 is 47.0. The highest BCUT2D eigenvalue weighted by Gasteiger charge is 2.48. The van der Waals surface area contributed by atoms with Gasteiger partial charge in [-0.25, -0.2) is 12.8 Å². The van der Waals surface area contributed by atoms with E-state index in [9.17, 15) is 12.8 Å². The summed E-state index contributed by atoms with van der Waals surface area (Å²) in [7, 11) is -2.16. The van der Waals surface area contributed by atoms with E-state index >= 15 is 0 Å². The zero-order chi connectivity index (χ0) is 16.6. The van der Waals surface area contributed by atoms with E-state index in [0.29, 0.717) is 19.5 Å². The first kappa shape index (κ1) is 16.8. The van der Waals surface area contributed by atoms with Crippen LogP contribution < -0.4 is 0 Å². The number of ether oxygens (including phenoxy) is 1. The van der Waals surface area contributed by atoms with E-state index in [1.807, 2.05) is 0 Å². The molecule has 0 bridgehead atoms. The van der Waals surface area contributed by atoms with Gasteiger partial charge in [0.1, 0.15) is 10.7 Å². The first-order valence-electron chi connectivity index (χ1n) is 8.00. The van der Waals surface area contributed by atoms with Crippen molar-refractivity contribution in [2.24, 2.45) is 5.92 Å². The molecule has 0 aromatic heterocycles. The Labute approximate surface area is 137 Å². The molecule has 0 radical (unpaired) electrons. The Bertz CT molecular complexity index is 667. The Hall–Kier alpha value is -1.02. The predicted octanol–water partition coefficient (Wildman–Crippen LogP) is 1.56. The molecular formula is C16H23FN2O3S. The quantitative estimate of drug-likeness (QED) is 0.833. The van der Waals surface area contributed by atoms with Crippen molar-refractivity contribution in [1.82, 2.24) is 9.21 Å². The van der Waals surface area contributed by atoms with Gasteiger partial charge in [0.05, 0.1) is 6.10 Å². The van der Waals surface area contributed by atoms with Gasteiger partial charge in [-0.05, 0) is 25.1 Å². The lowest BCUT2D eigenvalue weighted by Crippen LogP contribution is -2.53. The summed E-state index contributed by atoms with van der Waals surface area (Å²) in [6.45, 7) is 4.80. The number of likely N-dealkylation sites (N-methyl/N-ethyl adjacent to an activating group) is 1. The maximum atomic E-state index is 14.0. The maximum Gasteiger partial charge on any atom is 0.246 e. The fourth-order valence-corrected chi connectivity index (χ4v) is 5.57. The molecule has 2 heterocycles. The van der Waals surface area contributed by atoms with Crippen LogP contribution in [0.4, 0.5) is 4.39 Å². The summed E-state index contributed by atoms with van der Waals surface area (Å²) in [6, 6.07) is 5.44. The van der Waals surface area contributed by atoms with Crippen LogP contribution in [0.3, 0.4) is 0 Å². The molecule has 2 fully saturated rings. The number of hydrogen-bond donors (Lipinski definition) is 0. The SMILES string of the molecule is CCN1C[C@H]2[C@@H](C1)N(S(=O)(=O)c1ccccc1F)CC[C@H]2OC. The van der Waals surface area contributed by atoms with Crippen LogP contribution in [-0.4, -0.2) is 63.1 Å². The third-order valence-electron chi connectivity index (χ3n) is 5.06. The van der Waals surface area contributed by atoms with Crippen molar-refractivity contribution >= 4 is 10.0 Å². The summed E-state index contributed by atoms with van der Waals surface area (Å²) in [5.74, 6) is -0.557. The zero-order valence-electron chi connectivity index (χ0n) is 13.5. The lowest BCUT2D eigenvalue weighted by Gasteiger charge is -2.40. The molecule has 1 aromatic rings. The average Bonchev–Trinajstić information content (AvgIpc) is 2.98. The predicted molar refractivity (Wildman–Crippen MR) is 85.1 cm³/mol. The Kier molecular flexibility index (Phi) is 4.73. The van der Waals surface area contributed by atoms with Gasteiger partial charge in [-0.2, -0.15) is 4.31 Å². The summed E-state index contributed by atoms with van der Waals surface area (Å²) in [5, 5.41) is 0. The molecule has 3 atom stereocenters. The van der Waals surface area contributed by atoms with Crippen molar-refractivity contribution in [2.75, 3.05) is 33.3 Å². The van der Waals surface area contributed by atoms with E-state index in [0.717, 1.165) is 13.1 Å². The minimum absolute atomic E-state index is 0.0589. The van der Waals surface area contributed by atoms with Crippen molar-refractivity contribution in [1.29, 1.82) is 0 Å². The highest BCUT2D eigenvalue weighted by molar-refractivity contribution is 7.89. The average molecular weight is 342 g/mol. The number of methoxy groups -OCH3 is 1. The molecule has 23 heavy (non-hydrogen) atoms. The molecule has 0 N–H and O–H groups in total. The standard InChI is InChI=1S/C16H23FN2O3S/c1-3-18-10-12-14(11-18)19(9-8-15(12)22-2)23(20,21)16-7-5-4-6-13(16)17/h4-7,12,14-15H,3,8-11H2,1-2H3/t12-,14+,15+/m0/s1. The van der Waals surface area contributed by atoms with Gasteiger partial charge in [0, 0.05) is 38.7 Å². The molecule has 3 rings (SSSR count). The second-order valence-electron chi connectivity index (χ2n) is 6.19. The second-order valence-corrected chi connectivity index (χ2v) is 8.05. The van der Waals surface area contributed by atoms with E-state index in [1.54, 1.807) is 13.2 Å². The van der Waals surface area contributed by atoms with Crippen LogP contribution in [-0.2, 0) is 14.8 Å². The van der Waals surface area contributed by atoms with Crippen molar-refractivity contribution in [2.45, 2.75) is 30.4 Å². The Balaban J connectivity index is 1.95. The molecule has 0 aliphatic carbocycles. The Morgan fingerprint density at radius 2 is 2.04 bits per heavy atom. The van der Waals surface area contributed by atoms with Gasteiger partial charge in [-0.1, -0.05) is 19.1 Å². The molecular weight excluding hydrogens is 319 g/mol. The summed E-state index contributed by atoms with van der Waals surface area (Å²) in [6.07, 6.45) is 0.701. The van der Waals surface area contributed by atoms with E-state index in [4.69, 9.17) is 4.74 Å². The minimum Gasteiger partial charge on any atom is -0.381 e. The van der Waals surface area contributed by atoms with Gasteiger partial charge in [0.15, 0.2) is 0 Å². The first-order valence-corrected chi connectivity index (χ1v) is 9.44. The molecule has 7 heteroatoms. The third-order valence-corrected chi connectivity index (χ3v) is 7.02. The van der Waals surface area contributed by atoms with Crippen molar-refractivity contribution in [3.8, 4) is 0 Å². The number of likely N-dealkylation sites (tertiary alicyclic amines) is 1. The number of sulfonamides is 1. The van der Waals surface area contributed by atoms with Crippen LogP contribution in [0, 0.1) is 11.7 Å². The third kappa shape index (κ3) is 2.91.